The van der Waals surface area contributed by atoms with Crippen molar-refractivity contribution in [3.8, 4) is 0 Å². The maximum Gasteiger partial charge on any atom is 0.113 e. The topological polar surface area (TPSA) is 23.5 Å². The Bertz CT molecular complexity index is 235. The van der Waals surface area contributed by atoms with Gasteiger partial charge in [0.15, 0.2) is 0 Å². The fourth-order valence-electron chi connectivity index (χ4n) is 1.42. The van der Waals surface area contributed by atoms with E-state index < -0.39 is 0 Å². The van der Waals surface area contributed by atoms with Crippen LogP contribution in [0.5, 0.6) is 0 Å². The Balaban J connectivity index is 4.71. The van der Waals surface area contributed by atoms with Gasteiger partial charge < -0.3 is 10.0 Å². The normalized spacial score (nSPS) is 12.7. The van der Waals surface area contributed by atoms with E-state index in [0.717, 1.165) is 31.6 Å². The van der Waals surface area contributed by atoms with Gasteiger partial charge in [0.25, 0.3) is 0 Å². The Labute approximate surface area is 93.6 Å². The summed E-state index contributed by atoms with van der Waals surface area (Å²) in [5.74, 6) is 0.294. The third-order valence-corrected chi connectivity index (χ3v) is 2.15. The summed E-state index contributed by atoms with van der Waals surface area (Å²) in [6, 6.07) is 0. The monoisotopic (exact) mass is 209 g/mol. The SMILES string of the molecule is C=C/C(=C\C(O)=C/C)N(CCC)CCC. The van der Waals surface area contributed by atoms with E-state index in [1.54, 1.807) is 18.2 Å². The molecule has 1 N–H and O–H groups in total. The Kier molecular flexibility index (Phi) is 7.51. The predicted molar refractivity (Wildman–Crippen MR) is 66.8 cm³/mol. The molecule has 0 rings (SSSR count). The lowest BCUT2D eigenvalue weighted by atomic mass is 10.2. The third-order valence-electron chi connectivity index (χ3n) is 2.15. The molecule has 0 aliphatic rings. The average Bonchev–Trinajstić information content (AvgIpc) is 2.25. The zero-order chi connectivity index (χ0) is 11.7. The third kappa shape index (κ3) is 5.31. The summed E-state index contributed by atoms with van der Waals surface area (Å²) >= 11 is 0. The van der Waals surface area contributed by atoms with Crippen LogP contribution in [0.4, 0.5) is 0 Å². The zero-order valence-corrected chi connectivity index (χ0v) is 10.2. The smallest absolute Gasteiger partial charge is 0.113 e. The number of aliphatic hydroxyl groups is 1. The van der Waals surface area contributed by atoms with Crippen molar-refractivity contribution in [2.24, 2.45) is 0 Å². The van der Waals surface area contributed by atoms with E-state index in [9.17, 15) is 5.11 Å². The molecule has 0 atom stereocenters. The van der Waals surface area contributed by atoms with Crippen molar-refractivity contribution in [2.45, 2.75) is 33.6 Å². The number of rotatable bonds is 7. The first-order valence-corrected chi connectivity index (χ1v) is 5.63. The lowest BCUT2D eigenvalue weighted by Gasteiger charge is -2.24. The molecule has 0 saturated carbocycles. The molecule has 0 fully saturated rings. The highest BCUT2D eigenvalue weighted by Gasteiger charge is 2.04. The number of hydrogen-bond acceptors (Lipinski definition) is 2. The number of allylic oxidation sites excluding steroid dienone is 3. The van der Waals surface area contributed by atoms with Gasteiger partial charge >= 0.3 is 0 Å². The quantitative estimate of drug-likeness (QED) is 0.511. The molecule has 0 aromatic rings. The first-order chi connectivity index (χ1) is 7.19. The van der Waals surface area contributed by atoms with E-state index >= 15 is 0 Å². The van der Waals surface area contributed by atoms with Gasteiger partial charge in [-0.2, -0.15) is 0 Å². The minimum atomic E-state index is 0.294. The van der Waals surface area contributed by atoms with Gasteiger partial charge in [-0.15, -0.1) is 0 Å². The van der Waals surface area contributed by atoms with E-state index in [0.29, 0.717) is 5.76 Å². The second kappa shape index (κ2) is 8.16. The molecule has 2 nitrogen and oxygen atoms in total. The Morgan fingerprint density at radius 1 is 1.27 bits per heavy atom. The molecule has 0 aliphatic carbocycles. The second-order valence-electron chi connectivity index (χ2n) is 3.47. The number of hydrogen-bond donors (Lipinski definition) is 1. The fraction of sp³-hybridized carbons (Fsp3) is 0.538. The van der Waals surface area contributed by atoms with Crippen LogP contribution in [-0.4, -0.2) is 23.1 Å². The average molecular weight is 209 g/mol. The highest BCUT2D eigenvalue weighted by Crippen LogP contribution is 2.10. The summed E-state index contributed by atoms with van der Waals surface area (Å²) in [4.78, 5) is 2.24. The Hall–Kier alpha value is -1.18. The van der Waals surface area contributed by atoms with Crippen LogP contribution < -0.4 is 0 Å². The molecular weight excluding hydrogens is 186 g/mol. The van der Waals surface area contributed by atoms with Gasteiger partial charge in [-0.05, 0) is 31.9 Å². The molecule has 0 radical (unpaired) electrons. The van der Waals surface area contributed by atoms with Gasteiger partial charge in [-0.3, -0.25) is 0 Å². The number of aliphatic hydroxyl groups excluding tert-OH is 1. The minimum Gasteiger partial charge on any atom is -0.508 e. The second-order valence-corrected chi connectivity index (χ2v) is 3.47. The first-order valence-electron chi connectivity index (χ1n) is 5.63. The first kappa shape index (κ1) is 13.8. The fourth-order valence-corrected chi connectivity index (χ4v) is 1.42. The molecule has 0 unspecified atom stereocenters. The van der Waals surface area contributed by atoms with E-state index in [1.165, 1.54) is 0 Å². The van der Waals surface area contributed by atoms with Gasteiger partial charge in [-0.1, -0.05) is 20.4 Å². The maximum atomic E-state index is 9.46. The van der Waals surface area contributed by atoms with Crippen LogP contribution in [0.15, 0.2) is 36.3 Å². The van der Waals surface area contributed by atoms with Gasteiger partial charge in [0.05, 0.1) is 0 Å². The molecular formula is C13H23NO. The van der Waals surface area contributed by atoms with Crippen molar-refractivity contribution in [2.75, 3.05) is 13.1 Å². The van der Waals surface area contributed by atoms with Crippen LogP contribution in [0.3, 0.4) is 0 Å². The van der Waals surface area contributed by atoms with Crippen molar-refractivity contribution >= 4 is 0 Å². The van der Waals surface area contributed by atoms with E-state index in [1.807, 2.05) is 6.92 Å². The lowest BCUT2D eigenvalue weighted by Crippen LogP contribution is -2.24. The minimum absolute atomic E-state index is 0.294. The molecule has 0 heterocycles. The molecule has 0 saturated heterocycles. The van der Waals surface area contributed by atoms with Crippen molar-refractivity contribution in [3.63, 3.8) is 0 Å². The van der Waals surface area contributed by atoms with E-state index in [4.69, 9.17) is 0 Å². The molecule has 86 valence electrons. The van der Waals surface area contributed by atoms with Crippen molar-refractivity contribution in [1.29, 1.82) is 0 Å². The van der Waals surface area contributed by atoms with Crippen molar-refractivity contribution in [3.05, 3.63) is 36.3 Å². The van der Waals surface area contributed by atoms with Gasteiger partial charge in [0.2, 0.25) is 0 Å². The predicted octanol–water partition coefficient (Wildman–Crippen LogP) is 3.64. The van der Waals surface area contributed by atoms with Crippen molar-refractivity contribution < 1.29 is 5.11 Å². The summed E-state index contributed by atoms with van der Waals surface area (Å²) in [6.07, 6.45) is 7.44. The standard InChI is InChI=1S/C13H23NO/c1-5-9-14(10-6-2)12(7-3)11-13(15)8-4/h7-8,11,15H,3,5-6,9-10H2,1-2,4H3/b12-11+,13-8+. The van der Waals surface area contributed by atoms with Crippen molar-refractivity contribution in [1.82, 2.24) is 4.90 Å². The highest BCUT2D eigenvalue weighted by atomic mass is 16.3. The van der Waals surface area contributed by atoms with Gasteiger partial charge in [0.1, 0.15) is 5.76 Å². The van der Waals surface area contributed by atoms with E-state index in [-0.39, 0.29) is 0 Å². The lowest BCUT2D eigenvalue weighted by molar-refractivity contribution is 0.350. The van der Waals surface area contributed by atoms with Crippen LogP contribution in [-0.2, 0) is 0 Å². The highest BCUT2D eigenvalue weighted by molar-refractivity contribution is 5.24. The molecule has 0 aliphatic heterocycles. The van der Waals surface area contributed by atoms with Crippen LogP contribution in [0.2, 0.25) is 0 Å². The Morgan fingerprint density at radius 3 is 2.13 bits per heavy atom. The summed E-state index contributed by atoms with van der Waals surface area (Å²) in [5, 5.41) is 9.46. The molecule has 0 aromatic heterocycles. The number of nitrogens with zero attached hydrogens (tertiary/aromatic N) is 1. The van der Waals surface area contributed by atoms with Gasteiger partial charge in [0, 0.05) is 24.9 Å². The molecule has 0 aromatic carbocycles. The summed E-state index contributed by atoms with van der Waals surface area (Å²) in [5.41, 5.74) is 0.995. The van der Waals surface area contributed by atoms with E-state index in [2.05, 4.69) is 25.3 Å². The summed E-state index contributed by atoms with van der Waals surface area (Å²) in [6.45, 7) is 11.9. The zero-order valence-electron chi connectivity index (χ0n) is 10.2. The van der Waals surface area contributed by atoms with Crippen LogP contribution in [0, 0.1) is 0 Å². The molecule has 15 heavy (non-hydrogen) atoms. The van der Waals surface area contributed by atoms with Crippen LogP contribution >= 0.6 is 0 Å². The molecule has 0 spiro atoms. The van der Waals surface area contributed by atoms with Crippen LogP contribution in [0.25, 0.3) is 0 Å². The van der Waals surface area contributed by atoms with Crippen LogP contribution in [0.1, 0.15) is 33.6 Å². The Morgan fingerprint density at radius 2 is 1.80 bits per heavy atom. The molecule has 0 amide bonds. The molecule has 0 bridgehead atoms. The van der Waals surface area contributed by atoms with Gasteiger partial charge in [-0.25, -0.2) is 0 Å². The molecule has 2 heteroatoms. The largest absolute Gasteiger partial charge is 0.508 e. The summed E-state index contributed by atoms with van der Waals surface area (Å²) in [7, 11) is 0. The maximum absolute atomic E-state index is 9.46. The summed E-state index contributed by atoms with van der Waals surface area (Å²) < 4.78 is 0.